The minimum Gasteiger partial charge on any atom is -0.496 e. The topological polar surface area (TPSA) is 12.5 Å². The van der Waals surface area contributed by atoms with Crippen LogP contribution >= 0.6 is 35.8 Å². The zero-order chi connectivity index (χ0) is 18.6. The highest BCUT2D eigenvalue weighted by molar-refractivity contribution is 7.80. The van der Waals surface area contributed by atoms with E-state index in [-0.39, 0.29) is 0 Å². The molecule has 0 saturated carbocycles. The van der Waals surface area contributed by atoms with Crippen molar-refractivity contribution in [3.8, 4) is 12.3 Å². The second-order valence-corrected chi connectivity index (χ2v) is 6.58. The maximum Gasteiger partial charge on any atom is 0.114 e. The fraction of sp³-hybridized carbons (Fsp3) is 0.684. The number of halogens is 2. The van der Waals surface area contributed by atoms with Crippen LogP contribution in [0.25, 0.3) is 0 Å². The van der Waals surface area contributed by atoms with Gasteiger partial charge in [0.05, 0.1) is 18.2 Å². The molecule has 24 heavy (non-hydrogen) atoms. The maximum absolute atomic E-state index is 6.02. The number of thiol groups is 1. The zero-order valence-corrected chi connectivity index (χ0v) is 17.8. The molecular formula is C19H33Cl2NOS. The molecule has 0 saturated heterocycles. The summed E-state index contributed by atoms with van der Waals surface area (Å²) < 4.78 is 5.74. The molecular weight excluding hydrogens is 361 g/mol. The number of rotatable bonds is 12. The lowest BCUT2D eigenvalue weighted by Crippen LogP contribution is -2.27. The second kappa shape index (κ2) is 20.8. The maximum atomic E-state index is 6.02. The van der Waals surface area contributed by atoms with Crippen LogP contribution in [0, 0.1) is 12.3 Å². The molecule has 0 bridgehead atoms. The Morgan fingerprint density at radius 1 is 1.25 bits per heavy atom. The third kappa shape index (κ3) is 18.1. The largest absolute Gasteiger partial charge is 0.496 e. The van der Waals surface area contributed by atoms with Crippen LogP contribution in [-0.2, 0) is 4.74 Å². The van der Waals surface area contributed by atoms with Crippen LogP contribution in [0.2, 0.25) is 0 Å². The molecule has 0 amide bonds. The Hall–Kier alpha value is -0.270. The van der Waals surface area contributed by atoms with Crippen LogP contribution in [0.5, 0.6) is 0 Å². The van der Waals surface area contributed by atoms with E-state index in [1.165, 1.54) is 6.42 Å². The van der Waals surface area contributed by atoms with Gasteiger partial charge in [-0.25, -0.2) is 0 Å². The first-order chi connectivity index (χ1) is 11.6. The van der Waals surface area contributed by atoms with Crippen molar-refractivity contribution in [3.63, 3.8) is 0 Å². The summed E-state index contributed by atoms with van der Waals surface area (Å²) in [5.74, 6) is 4.87. The molecule has 0 heterocycles. The normalized spacial score (nSPS) is 11.8. The number of alkyl halides is 1. The van der Waals surface area contributed by atoms with Gasteiger partial charge in [0.25, 0.3) is 0 Å². The Labute approximate surface area is 165 Å². The van der Waals surface area contributed by atoms with Gasteiger partial charge in [-0.15, -0.1) is 18.0 Å². The quantitative estimate of drug-likeness (QED) is 0.114. The summed E-state index contributed by atoms with van der Waals surface area (Å²) in [6.07, 6.45) is 13.1. The molecule has 140 valence electrons. The molecule has 0 unspecified atom stereocenters. The lowest BCUT2D eigenvalue weighted by Gasteiger charge is -2.19. The Kier molecular flexibility index (Phi) is 22.5. The number of nitrogens with zero attached hydrogens (tertiary/aromatic N) is 1. The van der Waals surface area contributed by atoms with E-state index >= 15 is 0 Å². The van der Waals surface area contributed by atoms with Gasteiger partial charge in [-0.1, -0.05) is 49.9 Å². The number of allylic oxidation sites excluding steroid dienone is 3. The smallest absolute Gasteiger partial charge is 0.114 e. The summed E-state index contributed by atoms with van der Waals surface area (Å²) in [6, 6.07) is 0. The van der Waals surface area contributed by atoms with Gasteiger partial charge in [0, 0.05) is 18.8 Å². The van der Waals surface area contributed by atoms with E-state index < -0.39 is 0 Å². The first-order valence-electron chi connectivity index (χ1n) is 8.52. The Bertz CT molecular complexity index is 374. The first kappa shape index (κ1) is 26.0. The summed E-state index contributed by atoms with van der Waals surface area (Å²) in [6.45, 7) is 9.29. The average molecular weight is 394 g/mol. The van der Waals surface area contributed by atoms with E-state index in [4.69, 9.17) is 34.4 Å². The molecule has 0 aliphatic rings. The van der Waals surface area contributed by atoms with E-state index in [1.807, 2.05) is 19.1 Å². The minimum absolute atomic E-state index is 0.501. The van der Waals surface area contributed by atoms with Crippen molar-refractivity contribution in [2.75, 3.05) is 37.9 Å². The standard InChI is InChI=1S/C16H25Cl2NOS.C3H8/c1-3-10-19(12-7-14-21)11-6-13-20-16(15(2)18)8-4-5-9-17;1-3-2/h1,4-5,21H,6-14H2,2H3;3H2,1-2H3/b5-4-,16-15-;. The van der Waals surface area contributed by atoms with Crippen LogP contribution in [0.1, 0.15) is 46.5 Å². The predicted octanol–water partition coefficient (Wildman–Crippen LogP) is 5.72. The van der Waals surface area contributed by atoms with Gasteiger partial charge in [0.15, 0.2) is 0 Å². The van der Waals surface area contributed by atoms with Crippen LogP contribution in [-0.4, -0.2) is 42.8 Å². The van der Waals surface area contributed by atoms with Crippen molar-refractivity contribution in [2.24, 2.45) is 0 Å². The fourth-order valence-corrected chi connectivity index (χ4v) is 2.13. The molecule has 0 spiro atoms. The number of terminal acetylenes is 1. The molecule has 0 aliphatic carbocycles. The lowest BCUT2D eigenvalue weighted by atomic mass is 10.3. The molecule has 0 fully saturated rings. The van der Waals surface area contributed by atoms with Crippen LogP contribution < -0.4 is 0 Å². The van der Waals surface area contributed by atoms with Crippen molar-refractivity contribution in [1.29, 1.82) is 0 Å². The predicted molar refractivity (Wildman–Crippen MR) is 113 cm³/mol. The molecule has 2 nitrogen and oxygen atoms in total. The van der Waals surface area contributed by atoms with Crippen molar-refractivity contribution in [1.82, 2.24) is 4.90 Å². The summed E-state index contributed by atoms with van der Waals surface area (Å²) in [4.78, 5) is 2.24. The van der Waals surface area contributed by atoms with E-state index in [0.29, 0.717) is 30.5 Å². The molecule has 0 aliphatic heterocycles. The van der Waals surface area contributed by atoms with Gasteiger partial charge < -0.3 is 4.74 Å². The number of hydrogen-bond acceptors (Lipinski definition) is 3. The van der Waals surface area contributed by atoms with E-state index in [2.05, 4.69) is 37.3 Å². The Morgan fingerprint density at radius 2 is 1.88 bits per heavy atom. The number of hydrogen-bond donors (Lipinski definition) is 1. The summed E-state index contributed by atoms with van der Waals surface area (Å²) in [5.41, 5.74) is 0. The van der Waals surface area contributed by atoms with Crippen LogP contribution in [0.15, 0.2) is 22.9 Å². The van der Waals surface area contributed by atoms with Crippen LogP contribution in [0.3, 0.4) is 0 Å². The highest BCUT2D eigenvalue weighted by Crippen LogP contribution is 2.15. The van der Waals surface area contributed by atoms with Gasteiger partial charge in [0.2, 0.25) is 0 Å². The Balaban J connectivity index is 0. The summed E-state index contributed by atoms with van der Waals surface area (Å²) in [5, 5.41) is 0.685. The van der Waals surface area contributed by atoms with Crippen molar-refractivity contribution < 1.29 is 4.74 Å². The molecule has 0 N–H and O–H groups in total. The first-order valence-corrected chi connectivity index (χ1v) is 10.1. The van der Waals surface area contributed by atoms with Gasteiger partial charge in [0.1, 0.15) is 5.76 Å². The molecule has 0 atom stereocenters. The Morgan fingerprint density at radius 3 is 2.38 bits per heavy atom. The number of ether oxygens (including phenoxy) is 1. The van der Waals surface area contributed by atoms with Crippen molar-refractivity contribution >= 4 is 35.8 Å². The van der Waals surface area contributed by atoms with Gasteiger partial charge >= 0.3 is 0 Å². The highest BCUT2D eigenvalue weighted by Gasteiger charge is 2.04. The monoisotopic (exact) mass is 393 g/mol. The third-order valence-electron chi connectivity index (χ3n) is 2.79. The third-order valence-corrected chi connectivity index (χ3v) is 3.49. The fourth-order valence-electron chi connectivity index (χ4n) is 1.73. The van der Waals surface area contributed by atoms with Crippen LogP contribution in [0.4, 0.5) is 0 Å². The summed E-state index contributed by atoms with van der Waals surface area (Å²) >= 11 is 15.8. The van der Waals surface area contributed by atoms with Gasteiger partial charge in [-0.3, -0.25) is 4.90 Å². The molecule has 0 aromatic heterocycles. The zero-order valence-electron chi connectivity index (χ0n) is 15.4. The SMILES string of the molecule is C#CCN(CCCS)CCCO/C(C/C=C\CCl)=C(/C)Cl.CCC. The van der Waals surface area contributed by atoms with E-state index in [9.17, 15) is 0 Å². The summed E-state index contributed by atoms with van der Waals surface area (Å²) in [7, 11) is 0. The molecule has 0 radical (unpaired) electrons. The van der Waals surface area contributed by atoms with E-state index in [0.717, 1.165) is 37.4 Å². The molecule has 0 aromatic rings. The average Bonchev–Trinajstić information content (AvgIpc) is 2.55. The minimum atomic E-state index is 0.501. The highest BCUT2D eigenvalue weighted by atomic mass is 35.5. The molecule has 0 aromatic carbocycles. The lowest BCUT2D eigenvalue weighted by molar-refractivity contribution is 0.182. The van der Waals surface area contributed by atoms with E-state index in [1.54, 1.807) is 0 Å². The van der Waals surface area contributed by atoms with Crippen molar-refractivity contribution in [3.05, 3.63) is 22.9 Å². The van der Waals surface area contributed by atoms with Crippen molar-refractivity contribution in [2.45, 2.75) is 46.5 Å². The van der Waals surface area contributed by atoms with Gasteiger partial charge in [-0.05, 0) is 32.1 Å². The second-order valence-electron chi connectivity index (χ2n) is 5.25. The molecule has 0 rings (SSSR count). The molecule has 5 heteroatoms. The van der Waals surface area contributed by atoms with Gasteiger partial charge in [-0.2, -0.15) is 12.6 Å².